The molecule has 0 saturated carbocycles. The fourth-order valence-electron chi connectivity index (χ4n) is 7.88. The summed E-state index contributed by atoms with van der Waals surface area (Å²) in [5.41, 5.74) is 3.81. The molecule has 276 valence electrons. The molecule has 0 bridgehead atoms. The lowest BCUT2D eigenvalue weighted by molar-refractivity contribution is 0.0635. The van der Waals surface area contributed by atoms with Gasteiger partial charge in [-0.1, -0.05) is 36.4 Å². The molecule has 15 heteroatoms. The van der Waals surface area contributed by atoms with Crippen LogP contribution in [0.2, 0.25) is 0 Å². The van der Waals surface area contributed by atoms with Gasteiger partial charge in [-0.15, -0.1) is 0 Å². The van der Waals surface area contributed by atoms with Crippen molar-refractivity contribution in [1.29, 1.82) is 0 Å². The van der Waals surface area contributed by atoms with E-state index >= 15 is 0 Å². The summed E-state index contributed by atoms with van der Waals surface area (Å²) in [6, 6.07) is 25.7. The number of amides is 6. The van der Waals surface area contributed by atoms with Gasteiger partial charge in [-0.05, 0) is 54.6 Å². The highest BCUT2D eigenvalue weighted by Gasteiger charge is 2.33. The Morgan fingerprint density at radius 2 is 0.596 bits per heavy atom. The molecule has 0 saturated heterocycles. The number of nitrogens with zero attached hydrogens (tertiary/aromatic N) is 6. The molecular formula is C42H27N9O6. The van der Waals surface area contributed by atoms with E-state index in [0.29, 0.717) is 82.8 Å². The van der Waals surface area contributed by atoms with Crippen LogP contribution < -0.4 is 16.0 Å². The molecule has 57 heavy (non-hydrogen) atoms. The van der Waals surface area contributed by atoms with E-state index in [0.717, 1.165) is 14.7 Å². The van der Waals surface area contributed by atoms with Gasteiger partial charge >= 0.3 is 0 Å². The van der Waals surface area contributed by atoms with Crippen LogP contribution in [0.4, 0.5) is 34.9 Å². The molecule has 0 fully saturated rings. The van der Waals surface area contributed by atoms with Gasteiger partial charge in [-0.2, -0.15) is 15.0 Å². The largest absolute Gasteiger partial charge is 0.323 e. The Kier molecular flexibility index (Phi) is 7.03. The molecular weight excluding hydrogens is 727 g/mol. The van der Waals surface area contributed by atoms with Crippen LogP contribution in [0.1, 0.15) is 62.1 Å². The molecule has 6 aromatic carbocycles. The second kappa shape index (κ2) is 12.0. The van der Waals surface area contributed by atoms with E-state index < -0.39 is 35.4 Å². The Morgan fingerprint density at radius 3 is 0.860 bits per heavy atom. The number of benzene rings is 6. The van der Waals surface area contributed by atoms with Crippen molar-refractivity contribution < 1.29 is 28.8 Å². The van der Waals surface area contributed by atoms with E-state index in [4.69, 9.17) is 15.0 Å². The van der Waals surface area contributed by atoms with Crippen molar-refractivity contribution in [1.82, 2.24) is 29.7 Å². The van der Waals surface area contributed by atoms with Crippen LogP contribution in [-0.2, 0) is 0 Å². The zero-order valence-electron chi connectivity index (χ0n) is 30.3. The number of carbonyl (C=O) groups is 6. The van der Waals surface area contributed by atoms with Gasteiger partial charge in [-0.3, -0.25) is 43.5 Å². The van der Waals surface area contributed by atoms with Gasteiger partial charge in [-0.25, -0.2) is 0 Å². The van der Waals surface area contributed by atoms with Crippen LogP contribution in [0, 0.1) is 0 Å². The maximum Gasteiger partial charge on any atom is 0.261 e. The smallest absolute Gasteiger partial charge is 0.261 e. The molecule has 0 atom stereocenters. The molecule has 1 aromatic heterocycles. The normalized spacial score (nSPS) is 14.7. The molecule has 3 aliphatic rings. The van der Waals surface area contributed by atoms with E-state index in [-0.39, 0.29) is 17.8 Å². The van der Waals surface area contributed by atoms with Gasteiger partial charge in [0.15, 0.2) is 0 Å². The van der Waals surface area contributed by atoms with Gasteiger partial charge in [0.05, 0.1) is 0 Å². The summed E-state index contributed by atoms with van der Waals surface area (Å²) in [6.07, 6.45) is 0. The number of imide groups is 3. The van der Waals surface area contributed by atoms with Gasteiger partial charge in [0.25, 0.3) is 35.4 Å². The lowest BCUT2D eigenvalue weighted by Gasteiger charge is -2.25. The first-order valence-corrected chi connectivity index (χ1v) is 17.7. The van der Waals surface area contributed by atoms with Crippen molar-refractivity contribution in [2.45, 2.75) is 0 Å². The quantitative estimate of drug-likeness (QED) is 0.163. The maximum absolute atomic E-state index is 13.1. The minimum atomic E-state index is -0.416. The van der Waals surface area contributed by atoms with E-state index in [2.05, 4.69) is 16.0 Å². The SMILES string of the molecule is CN1C(=O)c2cccc3c(Nc4nc(Nc5ccc6c7c(cccc57)C(=O)N(C)C6=O)nc(Nc5ccc6c7c(cccc57)C(=O)N(C)C6=O)n4)ccc(c23)C1=O. The van der Waals surface area contributed by atoms with E-state index in [9.17, 15) is 28.8 Å². The van der Waals surface area contributed by atoms with Crippen LogP contribution in [0.5, 0.6) is 0 Å². The highest BCUT2D eigenvalue weighted by atomic mass is 16.2. The van der Waals surface area contributed by atoms with E-state index in [1.165, 1.54) is 21.1 Å². The van der Waals surface area contributed by atoms with Crippen molar-refractivity contribution >= 4 is 103 Å². The van der Waals surface area contributed by atoms with Crippen LogP contribution in [0.15, 0.2) is 91.0 Å². The Morgan fingerprint density at radius 1 is 0.351 bits per heavy atom. The molecule has 0 radical (unpaired) electrons. The average molecular weight is 754 g/mol. The first-order valence-electron chi connectivity index (χ1n) is 17.7. The highest BCUT2D eigenvalue weighted by Crippen LogP contribution is 2.39. The average Bonchev–Trinajstić information content (AvgIpc) is 3.22. The monoisotopic (exact) mass is 753 g/mol. The minimum absolute atomic E-state index is 0.0747. The third-order valence-electron chi connectivity index (χ3n) is 10.7. The molecule has 6 amide bonds. The Bertz CT molecular complexity index is 2680. The third-order valence-corrected chi connectivity index (χ3v) is 10.7. The zero-order chi connectivity index (χ0) is 39.4. The van der Waals surface area contributed by atoms with Crippen LogP contribution in [0.25, 0.3) is 32.3 Å². The van der Waals surface area contributed by atoms with Crippen molar-refractivity contribution in [2.24, 2.45) is 0 Å². The summed E-state index contributed by atoms with van der Waals surface area (Å²) < 4.78 is 0. The fourth-order valence-corrected chi connectivity index (χ4v) is 7.88. The number of nitrogens with one attached hydrogen (secondary N) is 3. The van der Waals surface area contributed by atoms with Crippen molar-refractivity contribution in [3.63, 3.8) is 0 Å². The van der Waals surface area contributed by atoms with E-state index in [1.54, 1.807) is 91.0 Å². The summed E-state index contributed by atoms with van der Waals surface area (Å²) >= 11 is 0. The van der Waals surface area contributed by atoms with Crippen LogP contribution in [-0.4, -0.2) is 86.2 Å². The predicted octanol–water partition coefficient (Wildman–Crippen LogP) is 6.24. The van der Waals surface area contributed by atoms with E-state index in [1.807, 2.05) is 0 Å². The summed E-state index contributed by atoms with van der Waals surface area (Å²) in [6.45, 7) is 0. The Labute approximate surface area is 321 Å². The molecule has 10 rings (SSSR count). The predicted molar refractivity (Wildman–Crippen MR) is 211 cm³/mol. The van der Waals surface area contributed by atoms with Crippen molar-refractivity contribution in [2.75, 3.05) is 37.1 Å². The standard InChI is InChI=1S/C42H27N9O6/c1-49-34(52)22-10-4-7-19-28(16-13-25(31(19)22)37(49)55)43-40-46-41(44-29-17-14-26-32-20(29)8-5-11-23(32)35(53)50(2)38(26)56)48-42(47-40)45-30-18-15-27-33-21(30)9-6-12-24(33)36(54)51(3)39(27)57/h4-18H,1-3H3,(H3,43,44,45,46,47,48). The molecule has 15 nitrogen and oxygen atoms in total. The first-order chi connectivity index (χ1) is 27.5. The van der Waals surface area contributed by atoms with Crippen LogP contribution >= 0.6 is 0 Å². The van der Waals surface area contributed by atoms with Gasteiger partial charge in [0.1, 0.15) is 0 Å². The first kappa shape index (κ1) is 33.5. The molecule has 3 N–H and O–H groups in total. The molecule has 4 heterocycles. The maximum atomic E-state index is 13.1. The molecule has 7 aromatic rings. The lowest BCUT2D eigenvalue weighted by atomic mass is 9.93. The number of carbonyl (C=O) groups excluding carboxylic acids is 6. The van der Waals surface area contributed by atoms with Gasteiger partial charge in [0, 0.05) is 104 Å². The topological polar surface area (TPSA) is 187 Å². The van der Waals surface area contributed by atoms with Gasteiger partial charge < -0.3 is 16.0 Å². The number of hydrogen-bond acceptors (Lipinski definition) is 12. The second-order valence-electron chi connectivity index (χ2n) is 13.9. The zero-order valence-corrected chi connectivity index (χ0v) is 30.3. The van der Waals surface area contributed by atoms with Crippen molar-refractivity contribution in [3.8, 4) is 0 Å². The van der Waals surface area contributed by atoms with Crippen molar-refractivity contribution in [3.05, 3.63) is 124 Å². The summed E-state index contributed by atoms with van der Waals surface area (Å²) in [7, 11) is 4.34. The Hall–Kier alpha value is -8.07. The number of rotatable bonds is 6. The molecule has 0 aliphatic carbocycles. The number of hydrogen-bond donors (Lipinski definition) is 3. The summed E-state index contributed by atoms with van der Waals surface area (Å²) in [4.78, 5) is 95.9. The third kappa shape index (κ3) is 4.81. The fraction of sp³-hybridized carbons (Fsp3) is 0.0714. The Balaban J connectivity index is 1.11. The van der Waals surface area contributed by atoms with Gasteiger partial charge in [0.2, 0.25) is 17.8 Å². The number of anilines is 6. The molecule has 3 aliphatic heterocycles. The highest BCUT2D eigenvalue weighted by molar-refractivity contribution is 6.29. The minimum Gasteiger partial charge on any atom is -0.323 e. The lowest BCUT2D eigenvalue weighted by Crippen LogP contribution is -2.36. The second-order valence-corrected chi connectivity index (χ2v) is 13.9. The molecule has 0 unspecified atom stereocenters. The summed E-state index contributed by atoms with van der Waals surface area (Å²) in [5, 5.41) is 13.0. The number of aromatic nitrogens is 3. The van der Waals surface area contributed by atoms with Crippen LogP contribution in [0.3, 0.4) is 0 Å². The summed E-state index contributed by atoms with van der Waals surface area (Å²) in [5.74, 6) is -2.27. The molecule has 0 spiro atoms.